The molecule has 3 aromatic rings. The summed E-state index contributed by atoms with van der Waals surface area (Å²) < 4.78 is 18.6. The SMILES string of the molecule is O=C1C(Sc2ccccc2)=C(c2ccc(F)cc2)C(=O)N1Cc1ccco1. The Morgan fingerprint density at radius 1 is 0.889 bits per heavy atom. The van der Waals surface area contributed by atoms with E-state index in [4.69, 9.17) is 4.42 Å². The zero-order chi connectivity index (χ0) is 18.8. The molecule has 1 aliphatic rings. The normalized spacial score (nSPS) is 14.3. The summed E-state index contributed by atoms with van der Waals surface area (Å²) in [5.41, 5.74) is 0.788. The van der Waals surface area contributed by atoms with E-state index in [1.807, 2.05) is 30.3 Å². The summed E-state index contributed by atoms with van der Waals surface area (Å²) in [4.78, 5) is 28.4. The highest BCUT2D eigenvalue weighted by Crippen LogP contribution is 2.40. The van der Waals surface area contributed by atoms with E-state index in [1.54, 1.807) is 12.1 Å². The van der Waals surface area contributed by atoms with Gasteiger partial charge in [-0.25, -0.2) is 4.39 Å². The molecule has 0 saturated carbocycles. The van der Waals surface area contributed by atoms with Gasteiger partial charge >= 0.3 is 0 Å². The van der Waals surface area contributed by atoms with Crippen LogP contribution in [0, 0.1) is 5.82 Å². The summed E-state index contributed by atoms with van der Waals surface area (Å²) in [5, 5.41) is 0. The number of hydrogen-bond acceptors (Lipinski definition) is 4. The second kappa shape index (κ2) is 7.25. The Labute approximate surface area is 159 Å². The Hall–Kier alpha value is -3.12. The molecule has 0 radical (unpaired) electrons. The van der Waals surface area contributed by atoms with Crippen molar-refractivity contribution < 1.29 is 18.4 Å². The number of rotatable bonds is 5. The maximum Gasteiger partial charge on any atom is 0.268 e. The first-order chi connectivity index (χ1) is 13.1. The molecule has 0 aliphatic carbocycles. The number of furan rings is 1. The van der Waals surface area contributed by atoms with Gasteiger partial charge in [-0.3, -0.25) is 14.5 Å². The first kappa shape index (κ1) is 17.3. The van der Waals surface area contributed by atoms with Crippen molar-refractivity contribution in [3.63, 3.8) is 0 Å². The lowest BCUT2D eigenvalue weighted by atomic mass is 10.1. The summed E-state index contributed by atoms with van der Waals surface area (Å²) in [5.74, 6) is -0.687. The van der Waals surface area contributed by atoms with Crippen molar-refractivity contribution >= 4 is 29.1 Å². The average molecular weight is 379 g/mol. The summed E-state index contributed by atoms with van der Waals surface area (Å²) in [7, 11) is 0. The Kier molecular flexibility index (Phi) is 4.64. The first-order valence-electron chi connectivity index (χ1n) is 8.25. The molecule has 0 bridgehead atoms. The number of amides is 2. The van der Waals surface area contributed by atoms with Gasteiger partial charge in [0, 0.05) is 4.90 Å². The van der Waals surface area contributed by atoms with E-state index in [0.29, 0.717) is 16.2 Å². The summed E-state index contributed by atoms with van der Waals surface area (Å²) in [6.07, 6.45) is 1.49. The molecule has 0 fully saturated rings. The largest absolute Gasteiger partial charge is 0.467 e. The third-order valence-electron chi connectivity index (χ3n) is 4.12. The topological polar surface area (TPSA) is 50.5 Å². The highest BCUT2D eigenvalue weighted by Gasteiger charge is 2.39. The minimum absolute atomic E-state index is 0.0498. The number of carbonyl (C=O) groups excluding carboxylic acids is 2. The lowest BCUT2D eigenvalue weighted by Crippen LogP contribution is -2.30. The number of hydrogen-bond donors (Lipinski definition) is 0. The molecular formula is C21H14FNO3S. The van der Waals surface area contributed by atoms with E-state index in [0.717, 1.165) is 9.80 Å². The molecule has 134 valence electrons. The van der Waals surface area contributed by atoms with Crippen LogP contribution in [0.2, 0.25) is 0 Å². The third-order valence-corrected chi connectivity index (χ3v) is 5.21. The smallest absolute Gasteiger partial charge is 0.268 e. The van der Waals surface area contributed by atoms with E-state index >= 15 is 0 Å². The zero-order valence-electron chi connectivity index (χ0n) is 14.1. The number of nitrogens with zero attached hydrogens (tertiary/aromatic N) is 1. The number of carbonyl (C=O) groups is 2. The maximum atomic E-state index is 13.3. The maximum absolute atomic E-state index is 13.3. The van der Waals surface area contributed by atoms with Gasteiger partial charge in [-0.1, -0.05) is 42.1 Å². The van der Waals surface area contributed by atoms with Crippen LogP contribution in [-0.4, -0.2) is 16.7 Å². The molecule has 2 aromatic carbocycles. The van der Waals surface area contributed by atoms with Crippen molar-refractivity contribution in [2.75, 3.05) is 0 Å². The molecule has 27 heavy (non-hydrogen) atoms. The fourth-order valence-corrected chi connectivity index (χ4v) is 3.86. The molecule has 0 unspecified atom stereocenters. The lowest BCUT2D eigenvalue weighted by Gasteiger charge is -2.13. The monoisotopic (exact) mass is 379 g/mol. The van der Waals surface area contributed by atoms with Gasteiger partial charge in [0.2, 0.25) is 0 Å². The van der Waals surface area contributed by atoms with E-state index in [9.17, 15) is 14.0 Å². The third kappa shape index (κ3) is 3.44. The van der Waals surface area contributed by atoms with E-state index in [-0.39, 0.29) is 18.0 Å². The van der Waals surface area contributed by atoms with Gasteiger partial charge in [0.1, 0.15) is 11.6 Å². The molecule has 2 heterocycles. The van der Waals surface area contributed by atoms with Gasteiger partial charge in [0.15, 0.2) is 0 Å². The molecule has 1 aliphatic heterocycles. The lowest BCUT2D eigenvalue weighted by molar-refractivity contribution is -0.137. The van der Waals surface area contributed by atoms with Gasteiger partial charge in [0.05, 0.1) is 23.3 Å². The Morgan fingerprint density at radius 2 is 1.63 bits per heavy atom. The van der Waals surface area contributed by atoms with Crippen molar-refractivity contribution in [3.05, 3.63) is 95.0 Å². The quantitative estimate of drug-likeness (QED) is 0.613. The molecule has 4 nitrogen and oxygen atoms in total. The van der Waals surface area contributed by atoms with Crippen LogP contribution in [0.5, 0.6) is 0 Å². The van der Waals surface area contributed by atoms with Crippen LogP contribution in [0.15, 0.2) is 87.2 Å². The van der Waals surface area contributed by atoms with E-state index < -0.39 is 11.7 Å². The second-order valence-corrected chi connectivity index (χ2v) is 6.99. The van der Waals surface area contributed by atoms with Crippen LogP contribution in [0.1, 0.15) is 11.3 Å². The van der Waals surface area contributed by atoms with Crippen LogP contribution < -0.4 is 0 Å². The fourth-order valence-electron chi connectivity index (χ4n) is 2.83. The van der Waals surface area contributed by atoms with Crippen LogP contribution >= 0.6 is 11.8 Å². The highest BCUT2D eigenvalue weighted by molar-refractivity contribution is 8.04. The summed E-state index contributed by atoms with van der Waals surface area (Å²) in [6.45, 7) is 0.0498. The molecule has 0 saturated heterocycles. The number of halogens is 1. The van der Waals surface area contributed by atoms with Crippen molar-refractivity contribution in [1.29, 1.82) is 0 Å². The molecular weight excluding hydrogens is 365 g/mol. The Bertz CT molecular complexity index is 1010. The van der Waals surface area contributed by atoms with Crippen LogP contribution in [0.25, 0.3) is 5.57 Å². The van der Waals surface area contributed by atoms with Crippen LogP contribution in [0.3, 0.4) is 0 Å². The predicted molar refractivity (Wildman–Crippen MR) is 99.9 cm³/mol. The molecule has 2 amide bonds. The molecule has 1 aromatic heterocycles. The molecule has 0 atom stereocenters. The number of benzene rings is 2. The van der Waals surface area contributed by atoms with Gasteiger partial charge in [-0.15, -0.1) is 0 Å². The average Bonchev–Trinajstić information content (AvgIpc) is 3.27. The fraction of sp³-hybridized carbons (Fsp3) is 0.0476. The van der Waals surface area contributed by atoms with Crippen LogP contribution in [-0.2, 0) is 16.1 Å². The molecule has 0 N–H and O–H groups in total. The number of thioether (sulfide) groups is 1. The van der Waals surface area contributed by atoms with Gasteiger partial charge in [0.25, 0.3) is 11.8 Å². The van der Waals surface area contributed by atoms with E-state index in [2.05, 4.69) is 0 Å². The summed E-state index contributed by atoms with van der Waals surface area (Å²) >= 11 is 1.23. The van der Waals surface area contributed by atoms with Crippen molar-refractivity contribution in [2.45, 2.75) is 11.4 Å². The Balaban J connectivity index is 1.75. The number of imide groups is 1. The molecule has 6 heteroatoms. The van der Waals surface area contributed by atoms with Gasteiger partial charge in [-0.2, -0.15) is 0 Å². The minimum atomic E-state index is -0.415. The highest BCUT2D eigenvalue weighted by atomic mass is 32.2. The van der Waals surface area contributed by atoms with Crippen molar-refractivity contribution in [1.82, 2.24) is 4.90 Å². The molecule has 0 spiro atoms. The molecule has 4 rings (SSSR count). The standard InChI is InChI=1S/C21H14FNO3S/c22-15-10-8-14(9-11-15)18-19(27-17-6-2-1-3-7-17)21(25)23(20(18)24)13-16-5-4-12-26-16/h1-12H,13H2. The Morgan fingerprint density at radius 3 is 2.30 bits per heavy atom. The van der Waals surface area contributed by atoms with Gasteiger partial charge < -0.3 is 4.42 Å². The van der Waals surface area contributed by atoms with Gasteiger partial charge in [-0.05, 0) is 42.0 Å². The van der Waals surface area contributed by atoms with Crippen molar-refractivity contribution in [3.8, 4) is 0 Å². The zero-order valence-corrected chi connectivity index (χ0v) is 14.9. The van der Waals surface area contributed by atoms with Crippen molar-refractivity contribution in [2.24, 2.45) is 0 Å². The minimum Gasteiger partial charge on any atom is -0.467 e. The summed E-state index contributed by atoms with van der Waals surface area (Å²) in [6, 6.07) is 18.3. The second-order valence-electron chi connectivity index (χ2n) is 5.90. The van der Waals surface area contributed by atoms with Crippen LogP contribution in [0.4, 0.5) is 4.39 Å². The predicted octanol–water partition coefficient (Wildman–Crippen LogP) is 4.49. The first-order valence-corrected chi connectivity index (χ1v) is 9.07. The van der Waals surface area contributed by atoms with E-state index in [1.165, 1.54) is 42.3 Å².